The van der Waals surface area contributed by atoms with Gasteiger partial charge in [-0.1, -0.05) is 18.2 Å². The molecule has 0 atom stereocenters. The zero-order valence-corrected chi connectivity index (χ0v) is 15.7. The van der Waals surface area contributed by atoms with Crippen molar-refractivity contribution in [1.82, 2.24) is 9.97 Å². The van der Waals surface area contributed by atoms with Crippen LogP contribution in [0.3, 0.4) is 0 Å². The number of para-hydroxylation sites is 2. The SMILES string of the molecule is O=C(O)c1cccc(Nc2ccnc(Nc3ccccc3N3CCOCC3)n2)c1. The molecule has 0 unspecified atom stereocenters. The lowest BCUT2D eigenvalue weighted by Crippen LogP contribution is -2.36. The van der Waals surface area contributed by atoms with Crippen LogP contribution in [0.2, 0.25) is 0 Å². The highest BCUT2D eigenvalue weighted by molar-refractivity contribution is 5.89. The smallest absolute Gasteiger partial charge is 0.335 e. The molecule has 8 nitrogen and oxygen atoms in total. The standard InChI is InChI=1S/C21H21N5O3/c27-20(28)15-4-3-5-16(14-15)23-19-8-9-22-21(25-19)24-17-6-1-2-7-18(17)26-10-12-29-13-11-26/h1-9,14H,10-13H2,(H,27,28)(H2,22,23,24,25). The summed E-state index contributed by atoms with van der Waals surface area (Å²) in [6.07, 6.45) is 1.65. The fourth-order valence-corrected chi connectivity index (χ4v) is 3.15. The van der Waals surface area contributed by atoms with Crippen LogP contribution in [0.4, 0.5) is 28.8 Å². The summed E-state index contributed by atoms with van der Waals surface area (Å²) in [7, 11) is 0. The first-order chi connectivity index (χ1) is 14.2. The van der Waals surface area contributed by atoms with E-state index in [9.17, 15) is 4.79 Å². The quantitative estimate of drug-likeness (QED) is 0.587. The lowest BCUT2D eigenvalue weighted by molar-refractivity contribution is 0.0697. The van der Waals surface area contributed by atoms with Gasteiger partial charge >= 0.3 is 5.97 Å². The van der Waals surface area contributed by atoms with Crippen LogP contribution in [0.15, 0.2) is 60.8 Å². The van der Waals surface area contributed by atoms with Gasteiger partial charge < -0.3 is 25.4 Å². The number of aromatic nitrogens is 2. The van der Waals surface area contributed by atoms with Crippen LogP contribution in [0, 0.1) is 0 Å². The number of aromatic carboxylic acids is 1. The van der Waals surface area contributed by atoms with Gasteiger partial charge in [0.1, 0.15) is 5.82 Å². The number of hydrogen-bond acceptors (Lipinski definition) is 7. The van der Waals surface area contributed by atoms with E-state index in [4.69, 9.17) is 9.84 Å². The third-order valence-corrected chi connectivity index (χ3v) is 4.54. The highest BCUT2D eigenvalue weighted by Gasteiger charge is 2.15. The molecular weight excluding hydrogens is 370 g/mol. The van der Waals surface area contributed by atoms with E-state index < -0.39 is 5.97 Å². The Labute approximate surface area is 168 Å². The zero-order chi connectivity index (χ0) is 20.1. The average Bonchev–Trinajstić information content (AvgIpc) is 2.75. The van der Waals surface area contributed by atoms with Gasteiger partial charge in [-0.3, -0.25) is 0 Å². The summed E-state index contributed by atoms with van der Waals surface area (Å²) in [4.78, 5) is 22.2. The summed E-state index contributed by atoms with van der Waals surface area (Å²) in [6.45, 7) is 3.08. The van der Waals surface area contributed by atoms with Gasteiger partial charge in [0.2, 0.25) is 5.95 Å². The minimum Gasteiger partial charge on any atom is -0.478 e. The molecule has 1 aliphatic heterocycles. The maximum atomic E-state index is 11.2. The number of nitrogens with one attached hydrogen (secondary N) is 2. The normalized spacial score (nSPS) is 13.7. The molecule has 8 heteroatoms. The molecule has 148 valence electrons. The van der Waals surface area contributed by atoms with Crippen LogP contribution in [0.1, 0.15) is 10.4 Å². The lowest BCUT2D eigenvalue weighted by Gasteiger charge is -2.30. The van der Waals surface area contributed by atoms with E-state index in [1.165, 1.54) is 0 Å². The number of carboxylic acids is 1. The number of carbonyl (C=O) groups is 1. The molecule has 29 heavy (non-hydrogen) atoms. The topological polar surface area (TPSA) is 99.6 Å². The van der Waals surface area contributed by atoms with Crippen molar-refractivity contribution in [2.75, 3.05) is 41.8 Å². The predicted molar refractivity (Wildman–Crippen MR) is 111 cm³/mol. The van der Waals surface area contributed by atoms with Crippen molar-refractivity contribution in [3.05, 3.63) is 66.4 Å². The van der Waals surface area contributed by atoms with Crippen molar-refractivity contribution < 1.29 is 14.6 Å². The molecule has 0 amide bonds. The minimum atomic E-state index is -0.974. The number of hydrogen-bond donors (Lipinski definition) is 3. The van der Waals surface area contributed by atoms with E-state index in [0.717, 1.165) is 24.5 Å². The molecule has 1 saturated heterocycles. The largest absolute Gasteiger partial charge is 0.478 e. The summed E-state index contributed by atoms with van der Waals surface area (Å²) in [5, 5.41) is 15.6. The zero-order valence-electron chi connectivity index (χ0n) is 15.7. The predicted octanol–water partition coefficient (Wildman–Crippen LogP) is 3.50. The number of benzene rings is 2. The van der Waals surface area contributed by atoms with Crippen LogP contribution in [-0.4, -0.2) is 47.3 Å². The van der Waals surface area contributed by atoms with Crippen molar-refractivity contribution >= 4 is 34.8 Å². The van der Waals surface area contributed by atoms with Gasteiger partial charge in [-0.25, -0.2) is 9.78 Å². The second kappa shape index (κ2) is 8.57. The molecule has 4 rings (SSSR count). The van der Waals surface area contributed by atoms with E-state index in [2.05, 4.69) is 31.6 Å². The molecule has 0 bridgehead atoms. The summed E-state index contributed by atoms with van der Waals surface area (Å²) in [5.41, 5.74) is 2.84. The van der Waals surface area contributed by atoms with Crippen molar-refractivity contribution in [3.63, 3.8) is 0 Å². The van der Waals surface area contributed by atoms with Crippen LogP contribution in [0.25, 0.3) is 0 Å². The van der Waals surface area contributed by atoms with Gasteiger partial charge in [0.15, 0.2) is 0 Å². The van der Waals surface area contributed by atoms with Crippen LogP contribution >= 0.6 is 0 Å². The molecule has 1 fully saturated rings. The van der Waals surface area contributed by atoms with Crippen molar-refractivity contribution in [2.24, 2.45) is 0 Å². The number of rotatable bonds is 6. The number of nitrogens with zero attached hydrogens (tertiary/aromatic N) is 3. The molecule has 2 heterocycles. The van der Waals surface area contributed by atoms with Gasteiger partial charge in [-0.05, 0) is 36.4 Å². The molecule has 0 spiro atoms. The van der Waals surface area contributed by atoms with Gasteiger partial charge in [0, 0.05) is 25.0 Å². The highest BCUT2D eigenvalue weighted by Crippen LogP contribution is 2.28. The monoisotopic (exact) mass is 391 g/mol. The number of ether oxygens (including phenoxy) is 1. The van der Waals surface area contributed by atoms with Gasteiger partial charge in [0.05, 0.1) is 30.2 Å². The van der Waals surface area contributed by atoms with Crippen molar-refractivity contribution in [2.45, 2.75) is 0 Å². The summed E-state index contributed by atoms with van der Waals surface area (Å²) in [6, 6.07) is 16.3. The van der Waals surface area contributed by atoms with Gasteiger partial charge in [-0.2, -0.15) is 4.98 Å². The third-order valence-electron chi connectivity index (χ3n) is 4.54. The van der Waals surface area contributed by atoms with Gasteiger partial charge in [-0.15, -0.1) is 0 Å². The van der Waals surface area contributed by atoms with E-state index >= 15 is 0 Å². The second-order valence-electron chi connectivity index (χ2n) is 6.52. The molecule has 3 aromatic rings. The molecular formula is C21H21N5O3. The first-order valence-corrected chi connectivity index (χ1v) is 9.31. The Morgan fingerprint density at radius 1 is 1.03 bits per heavy atom. The molecule has 2 aromatic carbocycles. The Kier molecular flexibility index (Phi) is 5.53. The average molecular weight is 391 g/mol. The van der Waals surface area contributed by atoms with E-state index in [1.807, 2.05) is 18.2 Å². The Morgan fingerprint density at radius 2 is 1.86 bits per heavy atom. The highest BCUT2D eigenvalue weighted by atomic mass is 16.5. The summed E-state index contributed by atoms with van der Waals surface area (Å²) in [5.74, 6) is 0.0393. The minimum absolute atomic E-state index is 0.210. The Balaban J connectivity index is 1.53. The van der Waals surface area contributed by atoms with E-state index in [1.54, 1.807) is 36.5 Å². The molecule has 3 N–H and O–H groups in total. The van der Waals surface area contributed by atoms with Gasteiger partial charge in [0.25, 0.3) is 0 Å². The number of carboxylic acid groups (broad SMARTS) is 1. The van der Waals surface area contributed by atoms with E-state index in [0.29, 0.717) is 30.7 Å². The molecule has 1 aromatic heterocycles. The van der Waals surface area contributed by atoms with Crippen LogP contribution < -0.4 is 15.5 Å². The molecule has 0 radical (unpaired) electrons. The second-order valence-corrected chi connectivity index (χ2v) is 6.52. The maximum Gasteiger partial charge on any atom is 0.335 e. The molecule has 0 saturated carbocycles. The number of anilines is 5. The van der Waals surface area contributed by atoms with Crippen molar-refractivity contribution in [3.8, 4) is 0 Å². The maximum absolute atomic E-state index is 11.2. The van der Waals surface area contributed by atoms with Crippen molar-refractivity contribution in [1.29, 1.82) is 0 Å². The summed E-state index contributed by atoms with van der Waals surface area (Å²) >= 11 is 0. The summed E-state index contributed by atoms with van der Waals surface area (Å²) < 4.78 is 5.44. The molecule has 1 aliphatic rings. The Hall–Kier alpha value is -3.65. The first kappa shape index (κ1) is 18.7. The van der Waals surface area contributed by atoms with Crippen LogP contribution in [-0.2, 0) is 4.74 Å². The Morgan fingerprint density at radius 3 is 2.69 bits per heavy atom. The number of morpholine rings is 1. The fourth-order valence-electron chi connectivity index (χ4n) is 3.15. The Bertz CT molecular complexity index is 1000. The van der Waals surface area contributed by atoms with Crippen LogP contribution in [0.5, 0.6) is 0 Å². The van der Waals surface area contributed by atoms with E-state index in [-0.39, 0.29) is 5.56 Å². The first-order valence-electron chi connectivity index (χ1n) is 9.31. The fraction of sp³-hybridized carbons (Fsp3) is 0.190. The third kappa shape index (κ3) is 4.61. The lowest BCUT2D eigenvalue weighted by atomic mass is 10.2. The molecule has 0 aliphatic carbocycles.